The van der Waals surface area contributed by atoms with Crippen molar-refractivity contribution in [2.24, 2.45) is 5.41 Å². The molecule has 1 aliphatic heterocycles. The lowest BCUT2D eigenvalue weighted by Gasteiger charge is -2.10. The Morgan fingerprint density at radius 3 is 2.50 bits per heavy atom. The number of hydrogen-bond donors (Lipinski definition) is 0. The highest BCUT2D eigenvalue weighted by Crippen LogP contribution is 2.28. The molecule has 0 saturated heterocycles. The van der Waals surface area contributed by atoms with Gasteiger partial charge in [-0.05, 0) is 37.3 Å². The third kappa shape index (κ3) is 3.13. The minimum atomic E-state index is 0.0603. The summed E-state index contributed by atoms with van der Waals surface area (Å²) in [5.41, 5.74) is 0.789. The number of hydrogen-bond acceptors (Lipinski definition) is 3. The first kappa shape index (κ1) is 12.7. The third-order valence-corrected chi connectivity index (χ3v) is 2.82. The Bertz CT molecular complexity index is 469. The molecule has 3 nitrogen and oxygen atoms in total. The summed E-state index contributed by atoms with van der Waals surface area (Å²) in [5, 5.41) is 0. The lowest BCUT2D eigenvalue weighted by molar-refractivity contribution is 0.101. The molecule has 0 amide bonds. The monoisotopic (exact) mass is 246 g/mol. The summed E-state index contributed by atoms with van der Waals surface area (Å²) in [6, 6.07) is 7.14. The van der Waals surface area contributed by atoms with Crippen LogP contribution in [0.3, 0.4) is 0 Å². The fourth-order valence-electron chi connectivity index (χ4n) is 1.82. The van der Waals surface area contributed by atoms with Crippen molar-refractivity contribution in [3.8, 4) is 5.75 Å². The fraction of sp³-hybridized carbons (Fsp3) is 0.400. The SMILES string of the molecule is CC(=O)c1ccc(OCC2=CC(C)(C)CO2)cc1. The Morgan fingerprint density at radius 2 is 2.00 bits per heavy atom. The molecule has 0 aromatic heterocycles. The summed E-state index contributed by atoms with van der Waals surface area (Å²) in [4.78, 5) is 11.1. The Hall–Kier alpha value is -1.77. The highest BCUT2D eigenvalue weighted by atomic mass is 16.5. The molecule has 1 aromatic carbocycles. The zero-order valence-corrected chi connectivity index (χ0v) is 11.0. The van der Waals surface area contributed by atoms with Crippen molar-refractivity contribution in [2.75, 3.05) is 13.2 Å². The third-order valence-electron chi connectivity index (χ3n) is 2.82. The van der Waals surface area contributed by atoms with Gasteiger partial charge in [0.25, 0.3) is 0 Å². The number of benzene rings is 1. The summed E-state index contributed by atoms with van der Waals surface area (Å²) < 4.78 is 11.1. The van der Waals surface area contributed by atoms with Crippen molar-refractivity contribution >= 4 is 5.78 Å². The number of ether oxygens (including phenoxy) is 2. The maximum atomic E-state index is 11.1. The van der Waals surface area contributed by atoms with Crippen LogP contribution >= 0.6 is 0 Å². The van der Waals surface area contributed by atoms with Crippen molar-refractivity contribution in [1.82, 2.24) is 0 Å². The van der Waals surface area contributed by atoms with Crippen LogP contribution in [0.4, 0.5) is 0 Å². The first-order valence-corrected chi connectivity index (χ1v) is 6.05. The predicted molar refractivity (Wildman–Crippen MR) is 69.8 cm³/mol. The van der Waals surface area contributed by atoms with Gasteiger partial charge in [-0.3, -0.25) is 4.79 Å². The first-order valence-electron chi connectivity index (χ1n) is 6.05. The van der Waals surface area contributed by atoms with Gasteiger partial charge in [0.2, 0.25) is 0 Å². The minimum absolute atomic E-state index is 0.0603. The molecule has 0 aliphatic carbocycles. The van der Waals surface area contributed by atoms with E-state index in [0.717, 1.165) is 11.5 Å². The second-order valence-electron chi connectivity index (χ2n) is 5.26. The van der Waals surface area contributed by atoms with Gasteiger partial charge in [-0.25, -0.2) is 0 Å². The van der Waals surface area contributed by atoms with E-state index in [9.17, 15) is 4.79 Å². The van der Waals surface area contributed by atoms with E-state index >= 15 is 0 Å². The lowest BCUT2D eigenvalue weighted by atomic mass is 9.96. The van der Waals surface area contributed by atoms with E-state index in [0.29, 0.717) is 18.8 Å². The molecule has 0 spiro atoms. The van der Waals surface area contributed by atoms with E-state index in [1.807, 2.05) is 0 Å². The molecule has 1 aliphatic rings. The lowest BCUT2D eigenvalue weighted by Crippen LogP contribution is -2.08. The van der Waals surface area contributed by atoms with Crippen LogP contribution in [-0.4, -0.2) is 19.0 Å². The van der Waals surface area contributed by atoms with Gasteiger partial charge >= 0.3 is 0 Å². The van der Waals surface area contributed by atoms with Crippen LogP contribution in [0.1, 0.15) is 31.1 Å². The van der Waals surface area contributed by atoms with Gasteiger partial charge in [-0.1, -0.05) is 13.8 Å². The van der Waals surface area contributed by atoms with E-state index in [1.54, 1.807) is 31.2 Å². The summed E-state index contributed by atoms with van der Waals surface area (Å²) in [7, 11) is 0. The Kier molecular flexibility index (Phi) is 3.41. The van der Waals surface area contributed by atoms with Gasteiger partial charge in [0.1, 0.15) is 18.1 Å². The molecule has 0 radical (unpaired) electrons. The molecule has 2 rings (SSSR count). The molecule has 1 aromatic rings. The molecule has 0 atom stereocenters. The van der Waals surface area contributed by atoms with Crippen LogP contribution in [0.5, 0.6) is 5.75 Å². The average molecular weight is 246 g/mol. The zero-order chi connectivity index (χ0) is 13.2. The van der Waals surface area contributed by atoms with Gasteiger partial charge in [-0.15, -0.1) is 0 Å². The van der Waals surface area contributed by atoms with Crippen LogP contribution in [0, 0.1) is 5.41 Å². The van der Waals surface area contributed by atoms with E-state index < -0.39 is 0 Å². The Labute approximate surface area is 107 Å². The van der Waals surface area contributed by atoms with Crippen LogP contribution in [-0.2, 0) is 4.74 Å². The van der Waals surface area contributed by atoms with Crippen molar-refractivity contribution in [1.29, 1.82) is 0 Å². The quantitative estimate of drug-likeness (QED) is 0.765. The van der Waals surface area contributed by atoms with Gasteiger partial charge < -0.3 is 9.47 Å². The molecular weight excluding hydrogens is 228 g/mol. The largest absolute Gasteiger partial charge is 0.494 e. The van der Waals surface area contributed by atoms with Crippen LogP contribution in [0.2, 0.25) is 0 Å². The molecule has 0 fully saturated rings. The topological polar surface area (TPSA) is 35.5 Å². The highest BCUT2D eigenvalue weighted by Gasteiger charge is 2.24. The van der Waals surface area contributed by atoms with Gasteiger partial charge in [0, 0.05) is 11.0 Å². The maximum Gasteiger partial charge on any atom is 0.159 e. The van der Waals surface area contributed by atoms with Gasteiger partial charge in [-0.2, -0.15) is 0 Å². The van der Waals surface area contributed by atoms with Crippen LogP contribution < -0.4 is 4.74 Å². The zero-order valence-electron chi connectivity index (χ0n) is 11.0. The van der Waals surface area contributed by atoms with Gasteiger partial charge in [0.15, 0.2) is 5.78 Å². The number of rotatable bonds is 4. The second kappa shape index (κ2) is 4.84. The van der Waals surface area contributed by atoms with E-state index in [4.69, 9.17) is 9.47 Å². The molecule has 0 saturated carbocycles. The maximum absolute atomic E-state index is 11.1. The number of carbonyl (C=O) groups is 1. The molecule has 0 N–H and O–H groups in total. The smallest absolute Gasteiger partial charge is 0.159 e. The number of Topliss-reactive ketones (excluding diaryl/α,β-unsaturated/α-hetero) is 1. The number of carbonyl (C=O) groups excluding carboxylic acids is 1. The van der Waals surface area contributed by atoms with Crippen molar-refractivity contribution in [3.05, 3.63) is 41.7 Å². The molecule has 0 unspecified atom stereocenters. The standard InChI is InChI=1S/C15H18O3/c1-11(16)12-4-6-13(7-5-12)17-9-14-8-15(2,3)10-18-14/h4-8H,9-10H2,1-3H3. The van der Waals surface area contributed by atoms with Crippen molar-refractivity contribution in [2.45, 2.75) is 20.8 Å². The molecule has 96 valence electrons. The summed E-state index contributed by atoms with van der Waals surface area (Å²) in [5.74, 6) is 1.68. The molecule has 18 heavy (non-hydrogen) atoms. The van der Waals surface area contributed by atoms with Crippen molar-refractivity contribution in [3.63, 3.8) is 0 Å². The first-order chi connectivity index (χ1) is 8.46. The molecule has 1 heterocycles. The predicted octanol–water partition coefficient (Wildman–Crippen LogP) is 3.21. The molecule has 0 bridgehead atoms. The van der Waals surface area contributed by atoms with Crippen LogP contribution in [0.25, 0.3) is 0 Å². The summed E-state index contributed by atoms with van der Waals surface area (Å²) in [6.45, 7) is 6.94. The van der Waals surface area contributed by atoms with Gasteiger partial charge in [0.05, 0.1) is 6.61 Å². The van der Waals surface area contributed by atoms with Crippen molar-refractivity contribution < 1.29 is 14.3 Å². The molecular formula is C15H18O3. The summed E-state index contributed by atoms with van der Waals surface area (Å²) in [6.07, 6.45) is 2.09. The minimum Gasteiger partial charge on any atom is -0.494 e. The van der Waals surface area contributed by atoms with E-state index in [2.05, 4.69) is 19.9 Å². The normalized spacial score (nSPS) is 16.9. The number of ketones is 1. The highest BCUT2D eigenvalue weighted by molar-refractivity contribution is 5.94. The Morgan fingerprint density at radius 1 is 1.33 bits per heavy atom. The summed E-state index contributed by atoms with van der Waals surface area (Å²) >= 11 is 0. The second-order valence-corrected chi connectivity index (χ2v) is 5.26. The van der Waals surface area contributed by atoms with E-state index in [-0.39, 0.29) is 11.2 Å². The van der Waals surface area contributed by atoms with E-state index in [1.165, 1.54) is 0 Å². The molecule has 3 heteroatoms. The average Bonchev–Trinajstić information content (AvgIpc) is 2.67. The van der Waals surface area contributed by atoms with Crippen LogP contribution in [0.15, 0.2) is 36.1 Å². The Balaban J connectivity index is 1.93. The fourth-order valence-corrected chi connectivity index (χ4v) is 1.82.